The minimum Gasteiger partial charge on any atom is -0.336 e. The van der Waals surface area contributed by atoms with Crippen LogP contribution in [0.5, 0.6) is 0 Å². The lowest BCUT2D eigenvalue weighted by Gasteiger charge is -2.34. The Morgan fingerprint density at radius 1 is 0.966 bits per heavy atom. The fraction of sp³-hybridized carbons (Fsp3) is 0.278. The van der Waals surface area contributed by atoms with Crippen molar-refractivity contribution in [1.29, 1.82) is 0 Å². The van der Waals surface area contributed by atoms with Crippen molar-refractivity contribution >= 4 is 27.5 Å². The average Bonchev–Trinajstić information content (AvgIpc) is 2.67. The van der Waals surface area contributed by atoms with Gasteiger partial charge in [0.2, 0.25) is 10.0 Å². The van der Waals surface area contributed by atoms with Gasteiger partial charge in [-0.1, -0.05) is 11.6 Å². The minimum absolute atomic E-state index is 0.0338. The van der Waals surface area contributed by atoms with Crippen LogP contribution in [-0.2, 0) is 16.2 Å². The first-order chi connectivity index (χ1) is 13.5. The van der Waals surface area contributed by atoms with E-state index in [0.29, 0.717) is 12.1 Å². The van der Waals surface area contributed by atoms with Crippen LogP contribution in [0, 0.1) is 5.82 Å². The number of alkyl halides is 3. The molecule has 0 aromatic heterocycles. The van der Waals surface area contributed by atoms with Crippen molar-refractivity contribution in [3.8, 4) is 0 Å². The number of sulfonamides is 1. The van der Waals surface area contributed by atoms with Gasteiger partial charge in [-0.15, -0.1) is 0 Å². The second-order valence-electron chi connectivity index (χ2n) is 6.34. The molecule has 2 aromatic carbocycles. The molecule has 1 amide bonds. The van der Waals surface area contributed by atoms with Crippen molar-refractivity contribution < 1.29 is 30.8 Å². The predicted octanol–water partition coefficient (Wildman–Crippen LogP) is 3.64. The molecular formula is C18H15ClF4N2O3S. The maximum absolute atomic E-state index is 13.1. The Hall–Kier alpha value is -2.17. The molecule has 0 radical (unpaired) electrons. The minimum atomic E-state index is -4.56. The number of benzene rings is 2. The van der Waals surface area contributed by atoms with Gasteiger partial charge in [-0.25, -0.2) is 12.8 Å². The number of hydrogen-bond donors (Lipinski definition) is 0. The molecule has 1 saturated heterocycles. The zero-order chi connectivity index (χ0) is 21.4. The van der Waals surface area contributed by atoms with Gasteiger partial charge < -0.3 is 4.90 Å². The van der Waals surface area contributed by atoms with Gasteiger partial charge in [0.05, 0.1) is 21.0 Å². The summed E-state index contributed by atoms with van der Waals surface area (Å²) in [4.78, 5) is 13.7. The zero-order valence-corrected chi connectivity index (χ0v) is 16.4. The molecular weight excluding hydrogens is 436 g/mol. The van der Waals surface area contributed by atoms with Crippen LogP contribution < -0.4 is 0 Å². The van der Waals surface area contributed by atoms with Gasteiger partial charge in [0.1, 0.15) is 5.82 Å². The molecule has 0 saturated carbocycles. The van der Waals surface area contributed by atoms with Crippen LogP contribution in [0.1, 0.15) is 15.9 Å². The zero-order valence-electron chi connectivity index (χ0n) is 14.8. The predicted molar refractivity (Wildman–Crippen MR) is 97.5 cm³/mol. The summed E-state index contributed by atoms with van der Waals surface area (Å²) in [6.07, 6.45) is -4.56. The Morgan fingerprint density at radius 3 is 2.07 bits per heavy atom. The van der Waals surface area contributed by atoms with Crippen LogP contribution in [0.2, 0.25) is 5.02 Å². The average molecular weight is 451 g/mol. The molecule has 11 heteroatoms. The van der Waals surface area contributed by atoms with Gasteiger partial charge in [0.15, 0.2) is 0 Å². The van der Waals surface area contributed by atoms with Crippen molar-refractivity contribution in [1.82, 2.24) is 9.21 Å². The van der Waals surface area contributed by atoms with E-state index in [-0.39, 0.29) is 41.7 Å². The van der Waals surface area contributed by atoms with E-state index in [0.717, 1.165) is 28.6 Å². The lowest BCUT2D eigenvalue weighted by atomic mass is 10.2. The quantitative estimate of drug-likeness (QED) is 0.671. The van der Waals surface area contributed by atoms with Crippen LogP contribution in [0.3, 0.4) is 0 Å². The molecule has 1 fully saturated rings. The van der Waals surface area contributed by atoms with Gasteiger partial charge in [0.25, 0.3) is 5.91 Å². The van der Waals surface area contributed by atoms with E-state index in [9.17, 15) is 30.8 Å². The Bertz CT molecular complexity index is 1020. The number of carbonyl (C=O) groups is 1. The number of amides is 1. The van der Waals surface area contributed by atoms with Crippen molar-refractivity contribution in [3.63, 3.8) is 0 Å². The Morgan fingerprint density at radius 2 is 1.55 bits per heavy atom. The Kier molecular flexibility index (Phi) is 5.88. The maximum atomic E-state index is 13.1. The number of hydrogen-bond acceptors (Lipinski definition) is 3. The Balaban J connectivity index is 1.70. The molecule has 1 heterocycles. The van der Waals surface area contributed by atoms with Gasteiger partial charge >= 0.3 is 6.18 Å². The third-order valence-electron chi connectivity index (χ3n) is 4.51. The van der Waals surface area contributed by atoms with Crippen molar-refractivity contribution in [3.05, 3.63) is 64.4 Å². The molecule has 1 aliphatic heterocycles. The summed E-state index contributed by atoms with van der Waals surface area (Å²) in [6.45, 7) is 0.0562. The molecule has 0 aliphatic carbocycles. The molecule has 0 atom stereocenters. The van der Waals surface area contributed by atoms with Gasteiger partial charge in [-0.3, -0.25) is 4.79 Å². The SMILES string of the molecule is O=C(c1ccc(F)cc1Cl)N1CCN(S(=O)(=O)c2ccc(C(F)(F)F)cc2)CC1. The second-order valence-corrected chi connectivity index (χ2v) is 8.69. The van der Waals surface area contributed by atoms with Crippen LogP contribution in [0.25, 0.3) is 0 Å². The van der Waals surface area contributed by atoms with Crippen molar-refractivity contribution in [2.45, 2.75) is 11.1 Å². The highest BCUT2D eigenvalue weighted by Crippen LogP contribution is 2.30. The summed E-state index contributed by atoms with van der Waals surface area (Å²) in [6, 6.07) is 6.62. The van der Waals surface area contributed by atoms with Gasteiger partial charge in [-0.05, 0) is 42.5 Å². The van der Waals surface area contributed by atoms with E-state index in [4.69, 9.17) is 11.6 Å². The molecule has 0 spiro atoms. The first kappa shape index (κ1) is 21.5. The van der Waals surface area contributed by atoms with Crippen molar-refractivity contribution in [2.24, 2.45) is 0 Å². The molecule has 0 bridgehead atoms. The number of piperazine rings is 1. The van der Waals surface area contributed by atoms with Crippen LogP contribution in [-0.4, -0.2) is 49.7 Å². The van der Waals surface area contributed by atoms with Gasteiger partial charge in [-0.2, -0.15) is 17.5 Å². The lowest BCUT2D eigenvalue weighted by molar-refractivity contribution is -0.137. The summed E-state index contributed by atoms with van der Waals surface area (Å²) in [7, 11) is -4.00. The van der Waals surface area contributed by atoms with Crippen molar-refractivity contribution in [2.75, 3.05) is 26.2 Å². The number of halogens is 5. The monoisotopic (exact) mass is 450 g/mol. The molecule has 0 unspecified atom stereocenters. The smallest absolute Gasteiger partial charge is 0.336 e. The first-order valence-corrected chi connectivity index (χ1v) is 10.2. The summed E-state index contributed by atoms with van der Waals surface area (Å²) < 4.78 is 77.5. The normalized spacial score (nSPS) is 16.1. The number of carbonyl (C=O) groups excluding carboxylic acids is 1. The third kappa shape index (κ3) is 4.54. The van der Waals surface area contributed by atoms with E-state index < -0.39 is 33.5 Å². The third-order valence-corrected chi connectivity index (χ3v) is 6.73. The highest BCUT2D eigenvalue weighted by atomic mass is 35.5. The first-order valence-electron chi connectivity index (χ1n) is 8.42. The second kappa shape index (κ2) is 7.92. The Labute approximate surface area is 169 Å². The van der Waals surface area contributed by atoms with E-state index in [2.05, 4.69) is 0 Å². The maximum Gasteiger partial charge on any atom is 0.416 e. The fourth-order valence-corrected chi connectivity index (χ4v) is 4.60. The molecule has 29 heavy (non-hydrogen) atoms. The summed E-state index contributed by atoms with van der Waals surface area (Å²) >= 11 is 5.90. The molecule has 156 valence electrons. The van der Waals surface area contributed by atoms with E-state index in [1.165, 1.54) is 11.0 Å². The summed E-state index contributed by atoms with van der Waals surface area (Å²) in [5, 5.41) is -0.0465. The van der Waals surface area contributed by atoms with Gasteiger partial charge in [0, 0.05) is 26.2 Å². The topological polar surface area (TPSA) is 57.7 Å². The standard InChI is InChI=1S/C18H15ClF4N2O3S/c19-16-11-13(20)3-6-15(16)17(26)24-7-9-25(10-8-24)29(27,28)14-4-1-12(2-5-14)18(21,22)23/h1-6,11H,7-10H2. The molecule has 1 aliphatic rings. The number of nitrogens with zero attached hydrogens (tertiary/aromatic N) is 2. The van der Waals surface area contributed by atoms with E-state index in [1.54, 1.807) is 0 Å². The summed E-state index contributed by atoms with van der Waals surface area (Å²) in [5.74, 6) is -1.04. The fourth-order valence-electron chi connectivity index (χ4n) is 2.93. The van der Waals surface area contributed by atoms with Crippen LogP contribution in [0.4, 0.5) is 17.6 Å². The molecule has 5 nitrogen and oxygen atoms in total. The molecule has 3 rings (SSSR count). The number of rotatable bonds is 3. The molecule has 0 N–H and O–H groups in total. The van der Waals surface area contributed by atoms with E-state index in [1.807, 2.05) is 0 Å². The highest BCUT2D eigenvalue weighted by molar-refractivity contribution is 7.89. The van der Waals surface area contributed by atoms with Crippen LogP contribution in [0.15, 0.2) is 47.4 Å². The largest absolute Gasteiger partial charge is 0.416 e. The highest BCUT2D eigenvalue weighted by Gasteiger charge is 2.33. The van der Waals surface area contributed by atoms with E-state index >= 15 is 0 Å². The van der Waals surface area contributed by atoms with Crippen LogP contribution >= 0.6 is 11.6 Å². The lowest BCUT2D eigenvalue weighted by Crippen LogP contribution is -2.50. The summed E-state index contributed by atoms with van der Waals surface area (Å²) in [5.41, 5.74) is -0.838. The molecule has 2 aromatic rings.